The number of alkyl carbamates (subject to hydrolysis) is 1. The second kappa shape index (κ2) is 25.7. The van der Waals surface area contributed by atoms with Crippen LogP contribution in [0.4, 0.5) is 24.1 Å². The van der Waals surface area contributed by atoms with Gasteiger partial charge in [-0.15, -0.1) is 0 Å². The lowest BCUT2D eigenvalue weighted by Gasteiger charge is -2.29. The van der Waals surface area contributed by atoms with E-state index in [9.17, 15) is 37.9 Å². The normalized spacial score (nSPS) is 13.5. The molecule has 65 heavy (non-hydrogen) atoms. The third kappa shape index (κ3) is 17.9. The van der Waals surface area contributed by atoms with Gasteiger partial charge in [-0.05, 0) is 75.8 Å². The Labute approximate surface area is 377 Å². The van der Waals surface area contributed by atoms with Gasteiger partial charge in [-0.25, -0.2) is 18.4 Å². The number of carbonyl (C=O) groups excluding carboxylic acids is 5. The number of nitrogens with zero attached hydrogens (tertiary/aromatic N) is 2. The van der Waals surface area contributed by atoms with E-state index in [1.165, 1.54) is 0 Å². The van der Waals surface area contributed by atoms with Gasteiger partial charge < -0.3 is 52.2 Å². The van der Waals surface area contributed by atoms with Crippen molar-refractivity contribution in [1.29, 1.82) is 0 Å². The summed E-state index contributed by atoms with van der Waals surface area (Å²) < 4.78 is 39.8. The van der Waals surface area contributed by atoms with Gasteiger partial charge in [-0.2, -0.15) is 0 Å². The number of anilines is 1. The number of carbonyl (C=O) groups is 5. The highest BCUT2D eigenvalue weighted by atomic mass is 19.1. The highest BCUT2D eigenvalue weighted by Crippen LogP contribution is 2.33. The third-order valence-electron chi connectivity index (χ3n) is 9.78. The lowest BCUT2D eigenvalue weighted by molar-refractivity contribution is -0.132. The zero-order chi connectivity index (χ0) is 47.4. The molecule has 20 heteroatoms. The van der Waals surface area contributed by atoms with Gasteiger partial charge in [0.2, 0.25) is 17.7 Å². The number of phenols is 1. The van der Waals surface area contributed by atoms with Crippen molar-refractivity contribution in [3.8, 4) is 5.75 Å². The van der Waals surface area contributed by atoms with Gasteiger partial charge in [0.15, 0.2) is 5.96 Å². The molecule has 1 aliphatic rings. The average molecular weight is 909 g/mol. The van der Waals surface area contributed by atoms with Crippen LogP contribution in [-0.2, 0) is 43.5 Å². The molecule has 0 saturated heterocycles. The number of halogens is 2. The number of nitrogens with one attached hydrogen (secondary N) is 7. The number of urea groups is 1. The van der Waals surface area contributed by atoms with Crippen LogP contribution in [0, 0.1) is 11.6 Å². The lowest BCUT2D eigenvalue weighted by atomic mass is 10.0. The molecular weight excluding hydrogens is 847 g/mol. The predicted octanol–water partition coefficient (Wildman–Crippen LogP) is 3.79. The SMILES string of the molecule is CCNC(=O)NC(N)=NCCC[C@@H](NC(=O)[C@H](c1cccc(NCCCNC(=O)CCOCCNC(=O)OC(C)(C)C)c1)N1Cc2ccccc2C1)C(=O)NCc1c(F)cc(O)cc1F. The molecule has 0 bridgehead atoms. The standard InChI is InChI=1S/C45H62F2N10O8/c1-5-49-43(62)56-42(48)52-17-9-15-37(40(60)54-26-34-35(46)24-33(58)25-36(34)47)55-41(61)39(57-27-30-11-6-7-12-31(30)28-57)29-13-8-14-32(23-29)50-18-10-19-51-38(59)16-21-64-22-20-53-44(63)65-45(2,3)4/h6-8,11-14,23-25,37,39,50,58H,5,9-10,15-22,26-28H2,1-4H3,(H,51,59)(H,53,63)(H,54,60)(H,55,61)(H4,48,49,52,56,62)/t37-,39+/m1/s1. The zero-order valence-electron chi connectivity index (χ0n) is 37.4. The van der Waals surface area contributed by atoms with Gasteiger partial charge in [-0.1, -0.05) is 36.4 Å². The van der Waals surface area contributed by atoms with Crippen LogP contribution in [0.3, 0.4) is 0 Å². The van der Waals surface area contributed by atoms with E-state index in [-0.39, 0.29) is 57.4 Å². The average Bonchev–Trinajstić information content (AvgIpc) is 3.66. The maximum Gasteiger partial charge on any atom is 0.407 e. The third-order valence-corrected chi connectivity index (χ3v) is 9.78. The second-order valence-electron chi connectivity index (χ2n) is 16.2. The molecule has 0 aliphatic carbocycles. The van der Waals surface area contributed by atoms with Crippen molar-refractivity contribution in [2.75, 3.05) is 51.3 Å². The van der Waals surface area contributed by atoms with Gasteiger partial charge in [0.25, 0.3) is 0 Å². The fourth-order valence-electron chi connectivity index (χ4n) is 6.76. The summed E-state index contributed by atoms with van der Waals surface area (Å²) in [6.07, 6.45) is 0.475. The van der Waals surface area contributed by atoms with Crippen molar-refractivity contribution >= 4 is 41.5 Å². The number of hydrogen-bond acceptors (Lipinski definition) is 11. The number of hydrogen-bond donors (Lipinski definition) is 9. The van der Waals surface area contributed by atoms with E-state index in [1.807, 2.05) is 53.4 Å². The minimum absolute atomic E-state index is 0.0431. The Morgan fingerprint density at radius 3 is 2.25 bits per heavy atom. The Morgan fingerprint density at radius 2 is 1.57 bits per heavy atom. The summed E-state index contributed by atoms with van der Waals surface area (Å²) in [5.74, 6) is -4.24. The topological polar surface area (TPSA) is 250 Å². The molecule has 0 aromatic heterocycles. The number of guanidine groups is 1. The van der Waals surface area contributed by atoms with Gasteiger partial charge in [0, 0.05) is 82.2 Å². The molecule has 354 valence electrons. The largest absolute Gasteiger partial charge is 0.508 e. The first-order chi connectivity index (χ1) is 31.0. The van der Waals surface area contributed by atoms with Crippen LogP contribution >= 0.6 is 0 Å². The Balaban J connectivity index is 1.39. The molecule has 0 radical (unpaired) electrons. The van der Waals surface area contributed by atoms with Crippen LogP contribution in [0.15, 0.2) is 65.7 Å². The Bertz CT molecular complexity index is 2070. The summed E-state index contributed by atoms with van der Waals surface area (Å²) in [6, 6.07) is 14.0. The van der Waals surface area contributed by atoms with Crippen LogP contribution in [0.5, 0.6) is 5.75 Å². The van der Waals surface area contributed by atoms with Crippen molar-refractivity contribution < 1.29 is 47.3 Å². The molecule has 3 aromatic carbocycles. The summed E-state index contributed by atoms with van der Waals surface area (Å²) in [5.41, 5.74) is 8.22. The molecule has 1 heterocycles. The molecule has 0 saturated carbocycles. The number of ether oxygens (including phenoxy) is 2. The summed E-state index contributed by atoms with van der Waals surface area (Å²) in [5, 5.41) is 28.7. The summed E-state index contributed by atoms with van der Waals surface area (Å²) in [6.45, 7) is 9.42. The number of rotatable bonds is 23. The quantitative estimate of drug-likeness (QED) is 0.0376. The summed E-state index contributed by atoms with van der Waals surface area (Å²) >= 11 is 0. The minimum atomic E-state index is -1.18. The maximum atomic E-state index is 14.6. The van der Waals surface area contributed by atoms with E-state index in [2.05, 4.69) is 42.2 Å². The fraction of sp³-hybridized carbons (Fsp3) is 0.467. The second-order valence-corrected chi connectivity index (χ2v) is 16.2. The van der Waals surface area contributed by atoms with Crippen molar-refractivity contribution in [3.05, 3.63) is 94.6 Å². The molecule has 4 rings (SSSR count). The van der Waals surface area contributed by atoms with Crippen LogP contribution in [0.2, 0.25) is 0 Å². The smallest absolute Gasteiger partial charge is 0.407 e. The summed E-state index contributed by atoms with van der Waals surface area (Å²) in [7, 11) is 0. The van der Waals surface area contributed by atoms with E-state index in [4.69, 9.17) is 15.2 Å². The minimum Gasteiger partial charge on any atom is -0.508 e. The van der Waals surface area contributed by atoms with Crippen molar-refractivity contribution in [1.82, 2.24) is 36.8 Å². The first-order valence-corrected chi connectivity index (χ1v) is 21.6. The zero-order valence-corrected chi connectivity index (χ0v) is 37.4. The molecular formula is C45H62F2N10O8. The molecule has 0 fully saturated rings. The molecule has 1 aliphatic heterocycles. The van der Waals surface area contributed by atoms with E-state index >= 15 is 0 Å². The van der Waals surface area contributed by atoms with E-state index in [0.29, 0.717) is 44.7 Å². The number of aromatic hydroxyl groups is 1. The molecule has 2 atom stereocenters. The van der Waals surface area contributed by atoms with Crippen LogP contribution in [-0.4, -0.2) is 103 Å². The van der Waals surface area contributed by atoms with Crippen LogP contribution in [0.25, 0.3) is 0 Å². The number of phenolic OH excluding ortho intramolecular Hbond substituents is 1. The Morgan fingerprint density at radius 1 is 0.862 bits per heavy atom. The lowest BCUT2D eigenvalue weighted by Crippen LogP contribution is -2.50. The van der Waals surface area contributed by atoms with E-state index in [0.717, 1.165) is 28.9 Å². The maximum absolute atomic E-state index is 14.6. The predicted molar refractivity (Wildman–Crippen MR) is 240 cm³/mol. The van der Waals surface area contributed by atoms with Crippen LogP contribution in [0.1, 0.15) is 81.7 Å². The number of benzene rings is 3. The number of aliphatic imine (C=N–C) groups is 1. The van der Waals surface area contributed by atoms with Crippen molar-refractivity contribution in [2.24, 2.45) is 10.7 Å². The van der Waals surface area contributed by atoms with Gasteiger partial charge in [-0.3, -0.25) is 29.6 Å². The van der Waals surface area contributed by atoms with Gasteiger partial charge in [0.05, 0.1) is 13.2 Å². The molecule has 18 nitrogen and oxygen atoms in total. The monoisotopic (exact) mass is 908 g/mol. The van der Waals surface area contributed by atoms with Crippen molar-refractivity contribution in [2.45, 2.75) is 90.7 Å². The molecule has 10 N–H and O–H groups in total. The highest BCUT2D eigenvalue weighted by molar-refractivity contribution is 5.95. The van der Waals surface area contributed by atoms with Gasteiger partial charge in [0.1, 0.15) is 35.1 Å². The molecule has 3 aromatic rings. The summed E-state index contributed by atoms with van der Waals surface area (Å²) in [4.78, 5) is 70.3. The van der Waals surface area contributed by atoms with Crippen molar-refractivity contribution in [3.63, 3.8) is 0 Å². The van der Waals surface area contributed by atoms with E-state index in [1.54, 1.807) is 27.7 Å². The Kier molecular flexibility index (Phi) is 20.2. The van der Waals surface area contributed by atoms with E-state index < -0.39 is 71.1 Å². The highest BCUT2D eigenvalue weighted by Gasteiger charge is 2.34. The fourth-order valence-corrected chi connectivity index (χ4v) is 6.76. The molecule has 0 spiro atoms. The number of nitrogens with two attached hydrogens (primary N) is 1. The van der Waals surface area contributed by atoms with Gasteiger partial charge >= 0.3 is 12.1 Å². The molecule has 0 unspecified atom stereocenters. The number of amides is 6. The first kappa shape index (κ1) is 51.1. The Hall–Kier alpha value is -6.54. The van der Waals surface area contributed by atoms with Crippen LogP contribution < -0.4 is 43.0 Å². The first-order valence-electron chi connectivity index (χ1n) is 21.6. The number of fused-ring (bicyclic) bond motifs is 1. The molecule has 6 amide bonds.